The molecule has 1 N–H and O–H groups in total. The van der Waals surface area contributed by atoms with Gasteiger partial charge in [-0.3, -0.25) is 19.4 Å². The van der Waals surface area contributed by atoms with Gasteiger partial charge in [0.05, 0.1) is 30.0 Å². The zero-order valence-electron chi connectivity index (χ0n) is 18.2. The minimum atomic E-state index is -1.06. The predicted molar refractivity (Wildman–Crippen MR) is 121 cm³/mol. The lowest BCUT2D eigenvalue weighted by atomic mass is 10.1. The molecule has 12 heteroatoms. The van der Waals surface area contributed by atoms with Gasteiger partial charge in [0.2, 0.25) is 5.91 Å². The van der Waals surface area contributed by atoms with Crippen molar-refractivity contribution >= 4 is 46.7 Å². The van der Waals surface area contributed by atoms with Crippen LogP contribution in [0.1, 0.15) is 17.3 Å². The number of rotatable bonds is 7. The fourth-order valence-corrected chi connectivity index (χ4v) is 3.94. The van der Waals surface area contributed by atoms with Crippen molar-refractivity contribution in [2.45, 2.75) is 19.0 Å². The molecule has 1 saturated heterocycles. The number of hydrogen-bond acceptors (Lipinski definition) is 9. The number of halogens is 1. The first-order chi connectivity index (χ1) is 16.3. The van der Waals surface area contributed by atoms with Crippen LogP contribution in [-0.4, -0.2) is 61.0 Å². The summed E-state index contributed by atoms with van der Waals surface area (Å²) in [5, 5.41) is 11.8. The standard InChI is InChI=1S/C22H20ClN5O6/c1-3-34-22(32)12-5-4-6-13(9-12)24-17(29)11-27-19-18(25-26-27)20(30)28(21(19)31)14-7-8-16(33-2)15(23)10-14/h4-10,18-19H,3,11H2,1-2H3,(H,24,29)/t18-,19-/m0/s1. The highest BCUT2D eigenvalue weighted by atomic mass is 35.5. The van der Waals surface area contributed by atoms with Gasteiger partial charge in [0.15, 0.2) is 12.1 Å². The van der Waals surface area contributed by atoms with Crippen LogP contribution in [0, 0.1) is 0 Å². The average Bonchev–Trinajstić information content (AvgIpc) is 3.33. The molecule has 2 aromatic rings. The van der Waals surface area contributed by atoms with Gasteiger partial charge in [-0.1, -0.05) is 22.9 Å². The largest absolute Gasteiger partial charge is 0.495 e. The number of carbonyl (C=O) groups is 4. The second-order valence-electron chi connectivity index (χ2n) is 7.37. The number of benzene rings is 2. The van der Waals surface area contributed by atoms with Gasteiger partial charge < -0.3 is 14.8 Å². The minimum absolute atomic E-state index is 0.227. The number of imide groups is 1. The molecule has 0 saturated carbocycles. The summed E-state index contributed by atoms with van der Waals surface area (Å²) >= 11 is 6.14. The van der Waals surface area contributed by atoms with Gasteiger partial charge in [-0.05, 0) is 43.3 Å². The van der Waals surface area contributed by atoms with Gasteiger partial charge in [-0.2, -0.15) is 5.11 Å². The van der Waals surface area contributed by atoms with E-state index in [0.29, 0.717) is 11.4 Å². The maximum absolute atomic E-state index is 13.1. The molecule has 1 fully saturated rings. The molecule has 2 aromatic carbocycles. The number of nitrogens with one attached hydrogen (secondary N) is 1. The number of carbonyl (C=O) groups excluding carboxylic acids is 4. The van der Waals surface area contributed by atoms with Crippen LogP contribution in [0.2, 0.25) is 5.02 Å². The predicted octanol–water partition coefficient (Wildman–Crippen LogP) is 2.46. The van der Waals surface area contributed by atoms with E-state index in [-0.39, 0.29) is 29.4 Å². The normalized spacial score (nSPS) is 18.8. The molecule has 0 unspecified atom stereocenters. The van der Waals surface area contributed by atoms with E-state index in [2.05, 4.69) is 15.7 Å². The van der Waals surface area contributed by atoms with E-state index in [0.717, 1.165) is 4.90 Å². The second-order valence-corrected chi connectivity index (χ2v) is 7.78. The fraction of sp³-hybridized carbons (Fsp3) is 0.273. The summed E-state index contributed by atoms with van der Waals surface area (Å²) in [7, 11) is 1.45. The molecule has 0 spiro atoms. The van der Waals surface area contributed by atoms with E-state index in [4.69, 9.17) is 21.1 Å². The molecular weight excluding hydrogens is 466 g/mol. The molecule has 2 aliphatic rings. The van der Waals surface area contributed by atoms with Crippen LogP contribution >= 0.6 is 11.6 Å². The fourth-order valence-electron chi connectivity index (χ4n) is 3.69. The molecule has 0 bridgehead atoms. The molecule has 2 atom stereocenters. The number of fused-ring (bicyclic) bond motifs is 1. The van der Waals surface area contributed by atoms with Gasteiger partial charge >= 0.3 is 5.97 Å². The van der Waals surface area contributed by atoms with E-state index in [1.807, 2.05) is 0 Å². The van der Waals surface area contributed by atoms with E-state index in [1.165, 1.54) is 30.3 Å². The highest BCUT2D eigenvalue weighted by Gasteiger charge is 2.55. The van der Waals surface area contributed by atoms with Crippen molar-refractivity contribution in [1.29, 1.82) is 0 Å². The van der Waals surface area contributed by atoms with E-state index < -0.39 is 35.8 Å². The highest BCUT2D eigenvalue weighted by Crippen LogP contribution is 2.35. The van der Waals surface area contributed by atoms with Crippen LogP contribution in [0.3, 0.4) is 0 Å². The van der Waals surface area contributed by atoms with Gasteiger partial charge in [0.25, 0.3) is 11.8 Å². The quantitative estimate of drug-likeness (QED) is 0.471. The summed E-state index contributed by atoms with van der Waals surface area (Å²) in [5.74, 6) is -1.76. The SMILES string of the molecule is CCOC(=O)c1cccc(NC(=O)CN2N=N[C@@H]3C(=O)N(c4ccc(OC)c(Cl)c4)C(=O)[C@H]32)c1. The summed E-state index contributed by atoms with van der Waals surface area (Å²) in [6, 6.07) is 8.66. The molecule has 11 nitrogen and oxygen atoms in total. The maximum Gasteiger partial charge on any atom is 0.338 e. The van der Waals surface area contributed by atoms with Crippen LogP contribution in [0.5, 0.6) is 5.75 Å². The molecule has 0 aliphatic carbocycles. The minimum Gasteiger partial charge on any atom is -0.495 e. The Bertz CT molecular complexity index is 1200. The zero-order chi connectivity index (χ0) is 24.4. The molecule has 0 aromatic heterocycles. The lowest BCUT2D eigenvalue weighted by Crippen LogP contribution is -2.43. The molecule has 4 rings (SSSR count). The number of methoxy groups -OCH3 is 1. The van der Waals surface area contributed by atoms with Gasteiger partial charge in [-0.25, -0.2) is 9.69 Å². The van der Waals surface area contributed by atoms with Crippen molar-refractivity contribution in [1.82, 2.24) is 5.01 Å². The molecule has 0 radical (unpaired) electrons. The molecule has 176 valence electrons. The first kappa shape index (κ1) is 23.2. The van der Waals surface area contributed by atoms with Crippen molar-refractivity contribution in [3.8, 4) is 5.75 Å². The number of amides is 3. The Morgan fingerprint density at radius 2 is 1.94 bits per heavy atom. The molecule has 34 heavy (non-hydrogen) atoms. The molecule has 2 aliphatic heterocycles. The summed E-state index contributed by atoms with van der Waals surface area (Å²) in [6.07, 6.45) is 0. The maximum atomic E-state index is 13.1. The van der Waals surface area contributed by atoms with E-state index >= 15 is 0 Å². The summed E-state index contributed by atoms with van der Waals surface area (Å²) in [5.41, 5.74) is 0.920. The van der Waals surface area contributed by atoms with Crippen LogP contribution in [-0.2, 0) is 19.1 Å². The molecule has 3 amide bonds. The Morgan fingerprint density at radius 3 is 2.65 bits per heavy atom. The Balaban J connectivity index is 1.46. The lowest BCUT2D eigenvalue weighted by Gasteiger charge is -2.20. The third-order valence-corrected chi connectivity index (χ3v) is 5.51. The van der Waals surface area contributed by atoms with Crippen molar-refractivity contribution in [3.05, 3.63) is 53.1 Å². The summed E-state index contributed by atoms with van der Waals surface area (Å²) < 4.78 is 10.1. The number of ether oxygens (including phenoxy) is 2. The average molecular weight is 486 g/mol. The Hall–Kier alpha value is -3.99. The van der Waals surface area contributed by atoms with Gasteiger partial charge in [0.1, 0.15) is 12.3 Å². The topological polar surface area (TPSA) is 130 Å². The highest BCUT2D eigenvalue weighted by molar-refractivity contribution is 6.33. The Labute approximate surface area is 199 Å². The third kappa shape index (κ3) is 4.29. The van der Waals surface area contributed by atoms with E-state index in [9.17, 15) is 19.2 Å². The van der Waals surface area contributed by atoms with Crippen LogP contribution in [0.15, 0.2) is 52.8 Å². The molecule has 2 heterocycles. The number of anilines is 2. The van der Waals surface area contributed by atoms with Gasteiger partial charge in [0, 0.05) is 5.69 Å². The van der Waals surface area contributed by atoms with Crippen LogP contribution < -0.4 is 15.0 Å². The first-order valence-electron chi connectivity index (χ1n) is 10.3. The first-order valence-corrected chi connectivity index (χ1v) is 10.7. The van der Waals surface area contributed by atoms with E-state index in [1.54, 1.807) is 31.2 Å². The van der Waals surface area contributed by atoms with Crippen molar-refractivity contribution < 1.29 is 28.7 Å². The Kier molecular flexibility index (Phi) is 6.46. The number of nitrogens with zero attached hydrogens (tertiary/aromatic N) is 4. The monoisotopic (exact) mass is 485 g/mol. The van der Waals surface area contributed by atoms with Gasteiger partial charge in [-0.15, -0.1) is 0 Å². The summed E-state index contributed by atoms with van der Waals surface area (Å²) in [6.45, 7) is 1.59. The third-order valence-electron chi connectivity index (χ3n) is 5.21. The Morgan fingerprint density at radius 1 is 1.15 bits per heavy atom. The molecular formula is C22H20ClN5O6. The zero-order valence-corrected chi connectivity index (χ0v) is 19.0. The van der Waals surface area contributed by atoms with Crippen molar-refractivity contribution in [2.24, 2.45) is 10.3 Å². The van der Waals surface area contributed by atoms with Crippen LogP contribution in [0.4, 0.5) is 11.4 Å². The summed E-state index contributed by atoms with van der Waals surface area (Å²) in [4.78, 5) is 51.4. The smallest absolute Gasteiger partial charge is 0.338 e. The lowest BCUT2D eigenvalue weighted by molar-refractivity contribution is -0.123. The number of hydrogen-bond donors (Lipinski definition) is 1. The van der Waals surface area contributed by atoms with Crippen molar-refractivity contribution in [2.75, 3.05) is 30.5 Å². The number of esters is 1. The van der Waals surface area contributed by atoms with Crippen LogP contribution in [0.25, 0.3) is 0 Å². The second kappa shape index (κ2) is 9.48. The van der Waals surface area contributed by atoms with Crippen molar-refractivity contribution in [3.63, 3.8) is 0 Å².